The number of ether oxygens (including phenoxy) is 2. The third kappa shape index (κ3) is 1.85. The van der Waals surface area contributed by atoms with E-state index in [-0.39, 0.29) is 0 Å². The first-order chi connectivity index (χ1) is 9.54. The minimum atomic E-state index is -0.921. The molecule has 2 atom stereocenters. The molecule has 20 heavy (non-hydrogen) atoms. The van der Waals surface area contributed by atoms with E-state index in [1.165, 1.54) is 18.1 Å². The van der Waals surface area contributed by atoms with Gasteiger partial charge in [-0.05, 0) is 37.3 Å². The molecule has 1 N–H and O–H groups in total. The molecule has 0 aromatic heterocycles. The molecule has 0 saturated heterocycles. The zero-order chi connectivity index (χ0) is 14.3. The van der Waals surface area contributed by atoms with Gasteiger partial charge in [0, 0.05) is 5.56 Å². The van der Waals surface area contributed by atoms with Crippen molar-refractivity contribution in [1.29, 1.82) is 0 Å². The maximum absolute atomic E-state index is 11.2. The molecule has 1 aromatic carbocycles. The summed E-state index contributed by atoms with van der Waals surface area (Å²) in [6.07, 6.45) is 3.33. The van der Waals surface area contributed by atoms with Crippen LogP contribution in [0.25, 0.3) is 0 Å². The van der Waals surface area contributed by atoms with Crippen LogP contribution in [0.1, 0.15) is 44.6 Å². The van der Waals surface area contributed by atoms with Crippen LogP contribution < -0.4 is 0 Å². The van der Waals surface area contributed by atoms with Gasteiger partial charge in [0.2, 0.25) is 0 Å². The first-order valence-corrected chi connectivity index (χ1v) is 6.99. The van der Waals surface area contributed by atoms with E-state index in [4.69, 9.17) is 9.47 Å². The van der Waals surface area contributed by atoms with Crippen LogP contribution in [-0.4, -0.2) is 5.11 Å². The summed E-state index contributed by atoms with van der Waals surface area (Å²) in [6.45, 7) is 6.28. The molecule has 0 saturated carbocycles. The van der Waals surface area contributed by atoms with Gasteiger partial charge in [-0.3, -0.25) is 0 Å². The standard InChI is InChI=1S/C17H20O3/c1-11-10-17(18,13(3)12(11)2)15-7-5-4-6-14(15)16-19-8-9-20-16/h4-9,11,16,18H,10H2,1-3H3. The smallest absolute Gasteiger partial charge is 0.266 e. The molecule has 0 spiro atoms. The van der Waals surface area contributed by atoms with Crippen molar-refractivity contribution in [2.45, 2.75) is 39.1 Å². The summed E-state index contributed by atoms with van der Waals surface area (Å²) in [6, 6.07) is 7.81. The Balaban J connectivity index is 2.07. The Bertz CT molecular complexity index is 580. The summed E-state index contributed by atoms with van der Waals surface area (Å²) < 4.78 is 10.9. The lowest BCUT2D eigenvalue weighted by Gasteiger charge is -2.29. The third-order valence-corrected chi connectivity index (χ3v) is 4.67. The summed E-state index contributed by atoms with van der Waals surface area (Å²) in [4.78, 5) is 0. The predicted octanol–water partition coefficient (Wildman–Crippen LogP) is 3.77. The number of benzene rings is 1. The third-order valence-electron chi connectivity index (χ3n) is 4.67. The van der Waals surface area contributed by atoms with Gasteiger partial charge < -0.3 is 14.6 Å². The van der Waals surface area contributed by atoms with Crippen LogP contribution in [0, 0.1) is 5.92 Å². The Hall–Kier alpha value is -1.74. The van der Waals surface area contributed by atoms with Crippen LogP contribution in [0.4, 0.5) is 0 Å². The van der Waals surface area contributed by atoms with Gasteiger partial charge in [0.05, 0.1) is 0 Å². The highest BCUT2D eigenvalue weighted by Gasteiger charge is 2.42. The normalized spacial score (nSPS) is 29.7. The van der Waals surface area contributed by atoms with Crippen molar-refractivity contribution in [2.75, 3.05) is 0 Å². The van der Waals surface area contributed by atoms with Crippen LogP contribution in [0.3, 0.4) is 0 Å². The monoisotopic (exact) mass is 272 g/mol. The average Bonchev–Trinajstić information content (AvgIpc) is 3.05. The summed E-state index contributed by atoms with van der Waals surface area (Å²) in [5.74, 6) is 0.386. The molecular formula is C17H20O3. The van der Waals surface area contributed by atoms with Crippen molar-refractivity contribution < 1.29 is 14.6 Å². The molecule has 0 fully saturated rings. The highest BCUT2D eigenvalue weighted by atomic mass is 16.7. The van der Waals surface area contributed by atoms with Gasteiger partial charge in [0.15, 0.2) is 0 Å². The van der Waals surface area contributed by atoms with Gasteiger partial charge in [0.25, 0.3) is 6.29 Å². The molecule has 0 bridgehead atoms. The van der Waals surface area contributed by atoms with E-state index >= 15 is 0 Å². The molecule has 106 valence electrons. The highest BCUT2D eigenvalue weighted by molar-refractivity contribution is 5.44. The Morgan fingerprint density at radius 3 is 2.40 bits per heavy atom. The van der Waals surface area contributed by atoms with Crippen molar-refractivity contribution in [1.82, 2.24) is 0 Å². The quantitative estimate of drug-likeness (QED) is 0.833. The average molecular weight is 272 g/mol. The second-order valence-electron chi connectivity index (χ2n) is 5.74. The van der Waals surface area contributed by atoms with Crippen molar-refractivity contribution in [2.24, 2.45) is 5.92 Å². The number of hydrogen-bond donors (Lipinski definition) is 1. The Morgan fingerprint density at radius 2 is 1.80 bits per heavy atom. The van der Waals surface area contributed by atoms with Crippen molar-refractivity contribution in [3.8, 4) is 0 Å². The first kappa shape index (κ1) is 13.3. The second-order valence-corrected chi connectivity index (χ2v) is 5.74. The largest absolute Gasteiger partial charge is 0.455 e. The van der Waals surface area contributed by atoms with E-state index in [1.807, 2.05) is 31.2 Å². The summed E-state index contributed by atoms with van der Waals surface area (Å²) >= 11 is 0. The van der Waals surface area contributed by atoms with E-state index in [9.17, 15) is 5.11 Å². The maximum atomic E-state index is 11.2. The Labute approximate surface area is 119 Å². The number of aliphatic hydroxyl groups is 1. The molecule has 2 unspecified atom stereocenters. The maximum Gasteiger partial charge on any atom is 0.266 e. The molecule has 2 aliphatic rings. The molecule has 0 radical (unpaired) electrons. The van der Waals surface area contributed by atoms with Crippen LogP contribution in [0.15, 0.2) is 47.9 Å². The van der Waals surface area contributed by atoms with Crippen LogP contribution >= 0.6 is 0 Å². The molecular weight excluding hydrogens is 252 g/mol. The fourth-order valence-electron chi connectivity index (χ4n) is 3.22. The van der Waals surface area contributed by atoms with Crippen LogP contribution in [0.2, 0.25) is 0 Å². The molecule has 3 heteroatoms. The van der Waals surface area contributed by atoms with Crippen LogP contribution in [0.5, 0.6) is 0 Å². The number of rotatable bonds is 2. The van der Waals surface area contributed by atoms with Gasteiger partial charge in [-0.2, -0.15) is 0 Å². The Kier molecular flexibility index (Phi) is 3.09. The topological polar surface area (TPSA) is 38.7 Å². The molecule has 1 aromatic rings. The predicted molar refractivity (Wildman–Crippen MR) is 76.5 cm³/mol. The van der Waals surface area contributed by atoms with E-state index in [0.717, 1.165) is 16.7 Å². The Morgan fingerprint density at radius 1 is 1.15 bits per heavy atom. The number of hydrogen-bond acceptors (Lipinski definition) is 3. The summed E-state index contributed by atoms with van der Waals surface area (Å²) in [5, 5.41) is 11.2. The molecule has 1 aliphatic heterocycles. The van der Waals surface area contributed by atoms with E-state index in [1.54, 1.807) is 0 Å². The zero-order valence-electron chi connectivity index (χ0n) is 12.1. The van der Waals surface area contributed by atoms with Crippen molar-refractivity contribution >= 4 is 0 Å². The zero-order valence-corrected chi connectivity index (χ0v) is 12.1. The lowest BCUT2D eigenvalue weighted by atomic mass is 9.84. The fraction of sp³-hybridized carbons (Fsp3) is 0.412. The molecule has 3 rings (SSSR count). The molecule has 3 nitrogen and oxygen atoms in total. The van der Waals surface area contributed by atoms with E-state index < -0.39 is 11.9 Å². The highest BCUT2D eigenvalue weighted by Crippen LogP contribution is 2.48. The van der Waals surface area contributed by atoms with Gasteiger partial charge >= 0.3 is 0 Å². The molecule has 1 heterocycles. The minimum absolute atomic E-state index is 0.386. The first-order valence-electron chi connectivity index (χ1n) is 6.99. The minimum Gasteiger partial charge on any atom is -0.455 e. The lowest BCUT2D eigenvalue weighted by Crippen LogP contribution is -2.27. The van der Waals surface area contributed by atoms with E-state index in [0.29, 0.717) is 12.3 Å². The number of allylic oxidation sites excluding steroid dienone is 1. The SMILES string of the molecule is CC1=C(C)C(O)(c2ccccc2C2OC=CO2)CC1C. The van der Waals surface area contributed by atoms with Gasteiger partial charge in [-0.25, -0.2) is 0 Å². The van der Waals surface area contributed by atoms with Crippen molar-refractivity contribution in [3.05, 3.63) is 59.1 Å². The van der Waals surface area contributed by atoms with Gasteiger partial charge in [-0.1, -0.05) is 36.8 Å². The van der Waals surface area contributed by atoms with E-state index in [2.05, 4.69) is 13.8 Å². The summed E-state index contributed by atoms with van der Waals surface area (Å²) in [5.41, 5.74) is 3.17. The second kappa shape index (κ2) is 4.67. The lowest BCUT2D eigenvalue weighted by molar-refractivity contribution is -0.0295. The molecule has 0 amide bonds. The fourth-order valence-corrected chi connectivity index (χ4v) is 3.22. The van der Waals surface area contributed by atoms with Crippen LogP contribution in [-0.2, 0) is 15.1 Å². The van der Waals surface area contributed by atoms with Gasteiger partial charge in [-0.15, -0.1) is 0 Å². The van der Waals surface area contributed by atoms with Gasteiger partial charge in [0.1, 0.15) is 18.1 Å². The van der Waals surface area contributed by atoms with Crippen molar-refractivity contribution in [3.63, 3.8) is 0 Å². The molecule has 1 aliphatic carbocycles. The summed E-state index contributed by atoms with van der Waals surface area (Å²) in [7, 11) is 0.